The maximum atomic E-state index is 5.64. The predicted molar refractivity (Wildman–Crippen MR) is 113 cm³/mol. The van der Waals surface area contributed by atoms with Gasteiger partial charge in [-0.1, -0.05) is 0 Å². The summed E-state index contributed by atoms with van der Waals surface area (Å²) in [6, 6.07) is 5.88. The van der Waals surface area contributed by atoms with Crippen molar-refractivity contribution in [2.24, 2.45) is 10.9 Å². The Balaban J connectivity index is 0.00000243. The average molecular weight is 470 g/mol. The van der Waals surface area contributed by atoms with Crippen molar-refractivity contribution in [2.75, 3.05) is 26.8 Å². The molecule has 142 valence electrons. The fraction of sp³-hybridized carbons (Fsp3) is 0.500. The van der Waals surface area contributed by atoms with Crippen LogP contribution in [0.25, 0.3) is 5.82 Å². The molecule has 0 saturated heterocycles. The first-order valence-corrected chi connectivity index (χ1v) is 8.82. The van der Waals surface area contributed by atoms with Gasteiger partial charge in [0.15, 0.2) is 11.8 Å². The van der Waals surface area contributed by atoms with Crippen molar-refractivity contribution in [3.63, 3.8) is 0 Å². The SMILES string of the molecule is CN=C(NCCCOCC1CC1)NCc1ccnc(-n2cccn2)c1.I. The Hall–Kier alpha value is -1.68. The summed E-state index contributed by atoms with van der Waals surface area (Å²) in [6.07, 6.45) is 9.07. The molecular weight excluding hydrogens is 443 g/mol. The van der Waals surface area contributed by atoms with Crippen LogP contribution in [-0.2, 0) is 11.3 Å². The number of aliphatic imine (C=N–C) groups is 1. The number of nitrogens with zero attached hydrogens (tertiary/aromatic N) is 4. The van der Waals surface area contributed by atoms with Crippen LogP contribution in [0.4, 0.5) is 0 Å². The van der Waals surface area contributed by atoms with Gasteiger partial charge in [-0.25, -0.2) is 9.67 Å². The number of aromatic nitrogens is 3. The monoisotopic (exact) mass is 470 g/mol. The smallest absolute Gasteiger partial charge is 0.191 e. The normalized spacial score (nSPS) is 14.0. The largest absolute Gasteiger partial charge is 0.381 e. The molecule has 1 aliphatic carbocycles. The molecule has 0 unspecified atom stereocenters. The van der Waals surface area contributed by atoms with Crippen molar-refractivity contribution < 1.29 is 4.74 Å². The molecule has 1 fully saturated rings. The Kier molecular flexibility index (Phi) is 8.82. The summed E-state index contributed by atoms with van der Waals surface area (Å²) in [5.74, 6) is 2.43. The zero-order valence-corrected chi connectivity index (χ0v) is 17.4. The van der Waals surface area contributed by atoms with Crippen LogP contribution >= 0.6 is 24.0 Å². The van der Waals surface area contributed by atoms with Gasteiger partial charge in [-0.3, -0.25) is 4.99 Å². The minimum absolute atomic E-state index is 0. The first-order chi connectivity index (χ1) is 12.3. The highest BCUT2D eigenvalue weighted by atomic mass is 127. The molecule has 0 spiro atoms. The molecule has 0 amide bonds. The number of hydrogen-bond acceptors (Lipinski definition) is 4. The highest BCUT2D eigenvalue weighted by Crippen LogP contribution is 2.28. The number of halogens is 1. The van der Waals surface area contributed by atoms with E-state index in [1.807, 2.05) is 24.4 Å². The number of guanidine groups is 1. The third kappa shape index (κ3) is 6.91. The number of pyridine rings is 1. The average Bonchev–Trinajstić information content (AvgIpc) is 3.30. The Labute approximate surface area is 171 Å². The van der Waals surface area contributed by atoms with Crippen molar-refractivity contribution >= 4 is 29.9 Å². The maximum absolute atomic E-state index is 5.64. The summed E-state index contributed by atoms with van der Waals surface area (Å²) in [6.45, 7) is 3.25. The van der Waals surface area contributed by atoms with E-state index in [1.54, 1.807) is 24.1 Å². The Morgan fingerprint density at radius 3 is 2.96 bits per heavy atom. The molecule has 0 aromatic carbocycles. The van der Waals surface area contributed by atoms with Crippen LogP contribution in [0.3, 0.4) is 0 Å². The van der Waals surface area contributed by atoms with E-state index in [9.17, 15) is 0 Å². The summed E-state index contributed by atoms with van der Waals surface area (Å²) in [5.41, 5.74) is 1.12. The molecule has 3 rings (SSSR count). The van der Waals surface area contributed by atoms with Crippen molar-refractivity contribution in [1.29, 1.82) is 0 Å². The summed E-state index contributed by atoms with van der Waals surface area (Å²) in [4.78, 5) is 8.59. The molecule has 8 heteroatoms. The molecule has 7 nitrogen and oxygen atoms in total. The molecule has 0 radical (unpaired) electrons. The lowest BCUT2D eigenvalue weighted by molar-refractivity contribution is 0.123. The molecule has 2 N–H and O–H groups in total. The highest BCUT2D eigenvalue weighted by Gasteiger charge is 2.20. The lowest BCUT2D eigenvalue weighted by Gasteiger charge is -2.12. The van der Waals surface area contributed by atoms with Crippen LogP contribution in [0, 0.1) is 5.92 Å². The minimum Gasteiger partial charge on any atom is -0.381 e. The van der Waals surface area contributed by atoms with E-state index in [1.165, 1.54) is 12.8 Å². The summed E-state index contributed by atoms with van der Waals surface area (Å²) < 4.78 is 7.38. The molecule has 0 bridgehead atoms. The van der Waals surface area contributed by atoms with Crippen molar-refractivity contribution in [2.45, 2.75) is 25.8 Å². The lowest BCUT2D eigenvalue weighted by atomic mass is 10.2. The van der Waals surface area contributed by atoms with Gasteiger partial charge < -0.3 is 15.4 Å². The molecule has 1 saturated carbocycles. The zero-order valence-electron chi connectivity index (χ0n) is 15.1. The van der Waals surface area contributed by atoms with E-state index in [-0.39, 0.29) is 24.0 Å². The van der Waals surface area contributed by atoms with E-state index < -0.39 is 0 Å². The van der Waals surface area contributed by atoms with Crippen LogP contribution in [0.2, 0.25) is 0 Å². The first kappa shape index (κ1) is 20.6. The molecule has 2 aromatic rings. The second-order valence-corrected chi connectivity index (χ2v) is 6.20. The number of rotatable bonds is 9. The van der Waals surface area contributed by atoms with E-state index in [4.69, 9.17) is 4.74 Å². The standard InChI is InChI=1S/C18H26N6O.HI/c1-19-18(21-7-3-11-25-14-15-4-5-15)22-13-16-6-9-20-17(12-16)24-10-2-8-23-24;/h2,6,8-10,12,15H,3-5,7,11,13-14H2,1H3,(H2,19,21,22);1H. The second-order valence-electron chi connectivity index (χ2n) is 6.20. The third-order valence-electron chi connectivity index (χ3n) is 4.04. The number of hydrogen-bond donors (Lipinski definition) is 2. The molecule has 0 aliphatic heterocycles. The Bertz CT molecular complexity index is 672. The topological polar surface area (TPSA) is 76.4 Å². The maximum Gasteiger partial charge on any atom is 0.191 e. The Morgan fingerprint density at radius 2 is 2.23 bits per heavy atom. The fourth-order valence-corrected chi connectivity index (χ4v) is 2.42. The van der Waals surface area contributed by atoms with Gasteiger partial charge in [0.05, 0.1) is 0 Å². The molecule has 2 heterocycles. The van der Waals surface area contributed by atoms with Crippen LogP contribution < -0.4 is 10.6 Å². The minimum atomic E-state index is 0. The van der Waals surface area contributed by atoms with Gasteiger partial charge in [0.2, 0.25) is 0 Å². The van der Waals surface area contributed by atoms with E-state index in [0.717, 1.165) is 49.4 Å². The highest BCUT2D eigenvalue weighted by molar-refractivity contribution is 14.0. The molecular formula is C18H27IN6O. The molecule has 1 aliphatic rings. The van der Waals surface area contributed by atoms with Crippen molar-refractivity contribution in [3.8, 4) is 5.82 Å². The molecule has 26 heavy (non-hydrogen) atoms. The predicted octanol–water partition coefficient (Wildman–Crippen LogP) is 2.37. The third-order valence-corrected chi connectivity index (χ3v) is 4.04. The second kappa shape index (κ2) is 11.1. The van der Waals surface area contributed by atoms with E-state index in [0.29, 0.717) is 6.54 Å². The summed E-state index contributed by atoms with van der Waals surface area (Å²) >= 11 is 0. The van der Waals surface area contributed by atoms with E-state index >= 15 is 0 Å². The van der Waals surface area contributed by atoms with Gasteiger partial charge in [0, 0.05) is 51.9 Å². The van der Waals surface area contributed by atoms with Gasteiger partial charge in [-0.15, -0.1) is 24.0 Å². The van der Waals surface area contributed by atoms with Gasteiger partial charge in [-0.2, -0.15) is 5.10 Å². The Morgan fingerprint density at radius 1 is 1.35 bits per heavy atom. The lowest BCUT2D eigenvalue weighted by Crippen LogP contribution is -2.37. The van der Waals surface area contributed by atoms with Crippen LogP contribution in [0.1, 0.15) is 24.8 Å². The quantitative estimate of drug-likeness (QED) is 0.255. The zero-order chi connectivity index (χ0) is 17.3. The van der Waals surface area contributed by atoms with Crippen LogP contribution in [0.15, 0.2) is 41.8 Å². The number of nitrogens with one attached hydrogen (secondary N) is 2. The van der Waals surface area contributed by atoms with Crippen LogP contribution in [0.5, 0.6) is 0 Å². The van der Waals surface area contributed by atoms with Gasteiger partial charge in [0.25, 0.3) is 0 Å². The summed E-state index contributed by atoms with van der Waals surface area (Å²) in [7, 11) is 1.78. The fourth-order valence-electron chi connectivity index (χ4n) is 2.42. The molecule has 2 aromatic heterocycles. The van der Waals surface area contributed by atoms with Crippen molar-refractivity contribution in [3.05, 3.63) is 42.4 Å². The van der Waals surface area contributed by atoms with Crippen molar-refractivity contribution in [1.82, 2.24) is 25.4 Å². The summed E-state index contributed by atoms with van der Waals surface area (Å²) in [5, 5.41) is 10.8. The van der Waals surface area contributed by atoms with Crippen LogP contribution in [-0.4, -0.2) is 47.5 Å². The van der Waals surface area contributed by atoms with Gasteiger partial charge in [0.1, 0.15) is 0 Å². The molecule has 0 atom stereocenters. The first-order valence-electron chi connectivity index (χ1n) is 8.82. The number of ether oxygens (including phenoxy) is 1. The van der Waals surface area contributed by atoms with Gasteiger partial charge in [-0.05, 0) is 48.9 Å². The van der Waals surface area contributed by atoms with Gasteiger partial charge >= 0.3 is 0 Å². The van der Waals surface area contributed by atoms with E-state index in [2.05, 4.69) is 25.7 Å².